The molecular formula is C20H31N. The Kier molecular flexibility index (Phi) is 6.50. The molecule has 21 heavy (non-hydrogen) atoms. The van der Waals surface area contributed by atoms with Crippen molar-refractivity contribution in [1.29, 1.82) is 0 Å². The fraction of sp³-hybridized carbons (Fsp3) is 0.600. The molecule has 1 aromatic carbocycles. The average Bonchev–Trinajstić information content (AvgIpc) is 2.47. The quantitative estimate of drug-likeness (QED) is 0.544. The summed E-state index contributed by atoms with van der Waals surface area (Å²) in [4.78, 5) is 0. The highest BCUT2D eigenvalue weighted by molar-refractivity contribution is 5.33. The number of fused-ring (bicyclic) bond motifs is 1. The van der Waals surface area contributed by atoms with Crippen molar-refractivity contribution in [3.8, 4) is 0 Å². The molecular weight excluding hydrogens is 254 g/mol. The second-order valence-corrected chi connectivity index (χ2v) is 6.93. The summed E-state index contributed by atoms with van der Waals surface area (Å²) in [6.45, 7) is 9.06. The summed E-state index contributed by atoms with van der Waals surface area (Å²) in [7, 11) is 0. The first kappa shape index (κ1) is 16.3. The number of hydrogen-bond donors (Lipinski definition) is 1. The van der Waals surface area contributed by atoms with Gasteiger partial charge in [-0.2, -0.15) is 0 Å². The Morgan fingerprint density at radius 2 is 2.14 bits per heavy atom. The van der Waals surface area contributed by atoms with Gasteiger partial charge >= 0.3 is 0 Å². The normalized spacial score (nSPS) is 18.9. The first-order valence-corrected chi connectivity index (χ1v) is 8.61. The number of nitrogens with one attached hydrogen (secondary N) is 1. The maximum Gasteiger partial charge on any atom is -0.00141 e. The zero-order chi connectivity index (χ0) is 15.1. The van der Waals surface area contributed by atoms with Crippen LogP contribution in [0.25, 0.3) is 0 Å². The summed E-state index contributed by atoms with van der Waals surface area (Å²) < 4.78 is 0. The van der Waals surface area contributed by atoms with Crippen molar-refractivity contribution in [1.82, 2.24) is 5.32 Å². The molecule has 0 saturated heterocycles. The van der Waals surface area contributed by atoms with Crippen molar-refractivity contribution in [2.75, 3.05) is 13.1 Å². The lowest BCUT2D eigenvalue weighted by atomic mass is 9.79. The molecule has 0 aliphatic heterocycles. The van der Waals surface area contributed by atoms with Crippen LogP contribution in [0.15, 0.2) is 35.9 Å². The third-order valence-corrected chi connectivity index (χ3v) is 4.43. The molecule has 0 saturated carbocycles. The van der Waals surface area contributed by atoms with E-state index in [2.05, 4.69) is 56.4 Å². The van der Waals surface area contributed by atoms with Gasteiger partial charge < -0.3 is 5.32 Å². The van der Waals surface area contributed by atoms with Gasteiger partial charge in [0.2, 0.25) is 0 Å². The van der Waals surface area contributed by atoms with Crippen LogP contribution < -0.4 is 5.32 Å². The van der Waals surface area contributed by atoms with Gasteiger partial charge in [-0.15, -0.1) is 0 Å². The minimum absolute atomic E-state index is 0.744. The summed E-state index contributed by atoms with van der Waals surface area (Å²) in [6.07, 6.45) is 8.81. The SMILES string of the molecule is CC(=CCCNCC(C)C)CC1CCCc2ccccc21. The second kappa shape index (κ2) is 8.38. The lowest BCUT2D eigenvalue weighted by molar-refractivity contribution is 0.544. The van der Waals surface area contributed by atoms with E-state index < -0.39 is 0 Å². The number of aryl methyl sites for hydroxylation is 1. The second-order valence-electron chi connectivity index (χ2n) is 6.93. The summed E-state index contributed by atoms with van der Waals surface area (Å²) >= 11 is 0. The third-order valence-electron chi connectivity index (χ3n) is 4.43. The number of allylic oxidation sites excluding steroid dienone is 1. The molecule has 0 bridgehead atoms. The Bertz CT molecular complexity index is 459. The molecule has 0 fully saturated rings. The van der Waals surface area contributed by atoms with E-state index in [0.29, 0.717) is 0 Å². The van der Waals surface area contributed by atoms with E-state index >= 15 is 0 Å². The van der Waals surface area contributed by atoms with Gasteiger partial charge in [-0.25, -0.2) is 0 Å². The van der Waals surface area contributed by atoms with Gasteiger partial charge in [0, 0.05) is 0 Å². The van der Waals surface area contributed by atoms with E-state index in [4.69, 9.17) is 0 Å². The predicted molar refractivity (Wildman–Crippen MR) is 92.8 cm³/mol. The Labute approximate surface area is 130 Å². The van der Waals surface area contributed by atoms with Gasteiger partial charge in [0.25, 0.3) is 0 Å². The van der Waals surface area contributed by atoms with E-state index in [1.165, 1.54) is 25.7 Å². The molecule has 1 heteroatoms. The van der Waals surface area contributed by atoms with E-state index in [0.717, 1.165) is 31.3 Å². The molecule has 0 aromatic heterocycles. The Hall–Kier alpha value is -1.08. The van der Waals surface area contributed by atoms with Crippen LogP contribution in [0.5, 0.6) is 0 Å². The molecule has 1 aromatic rings. The Morgan fingerprint density at radius 3 is 2.95 bits per heavy atom. The molecule has 116 valence electrons. The molecule has 0 spiro atoms. The molecule has 0 radical (unpaired) electrons. The smallest absolute Gasteiger partial charge is 0.00141 e. The maximum absolute atomic E-state index is 3.51. The van der Waals surface area contributed by atoms with E-state index in [1.54, 1.807) is 16.7 Å². The van der Waals surface area contributed by atoms with Crippen molar-refractivity contribution in [3.05, 3.63) is 47.0 Å². The number of benzene rings is 1. The summed E-state index contributed by atoms with van der Waals surface area (Å²) in [5.41, 5.74) is 4.75. The molecule has 0 heterocycles. The molecule has 1 N–H and O–H groups in total. The molecule has 2 rings (SSSR count). The lowest BCUT2D eigenvalue weighted by Gasteiger charge is -2.25. The largest absolute Gasteiger partial charge is 0.316 e. The standard InChI is InChI=1S/C20H31N/c1-16(2)15-21-13-7-8-17(3)14-19-11-6-10-18-9-4-5-12-20(18)19/h4-5,8-9,12,16,19,21H,6-7,10-11,13-15H2,1-3H3. The minimum Gasteiger partial charge on any atom is -0.316 e. The van der Waals surface area contributed by atoms with Gasteiger partial charge in [-0.1, -0.05) is 49.8 Å². The predicted octanol–water partition coefficient (Wildman–Crippen LogP) is 5.08. The van der Waals surface area contributed by atoms with Crippen LogP contribution in [-0.2, 0) is 6.42 Å². The zero-order valence-electron chi connectivity index (χ0n) is 14.0. The first-order chi connectivity index (χ1) is 10.2. The van der Waals surface area contributed by atoms with Crippen LogP contribution in [0.2, 0.25) is 0 Å². The molecule has 1 atom stereocenters. The van der Waals surface area contributed by atoms with Crippen molar-refractivity contribution in [2.45, 2.75) is 58.8 Å². The summed E-state index contributed by atoms with van der Waals surface area (Å²) in [5.74, 6) is 1.49. The Balaban J connectivity index is 1.82. The molecule has 1 nitrogen and oxygen atoms in total. The van der Waals surface area contributed by atoms with Crippen LogP contribution >= 0.6 is 0 Å². The van der Waals surface area contributed by atoms with E-state index in [9.17, 15) is 0 Å². The van der Waals surface area contributed by atoms with Crippen molar-refractivity contribution < 1.29 is 0 Å². The topological polar surface area (TPSA) is 12.0 Å². The minimum atomic E-state index is 0.744. The van der Waals surface area contributed by atoms with Gasteiger partial charge in [-0.3, -0.25) is 0 Å². The Morgan fingerprint density at radius 1 is 1.33 bits per heavy atom. The van der Waals surface area contributed by atoms with Crippen molar-refractivity contribution in [2.24, 2.45) is 5.92 Å². The van der Waals surface area contributed by atoms with E-state index in [1.807, 2.05) is 0 Å². The molecule has 0 amide bonds. The molecule has 1 unspecified atom stereocenters. The number of hydrogen-bond acceptors (Lipinski definition) is 1. The van der Waals surface area contributed by atoms with Crippen LogP contribution in [0.4, 0.5) is 0 Å². The van der Waals surface area contributed by atoms with Gasteiger partial charge in [0.15, 0.2) is 0 Å². The van der Waals surface area contributed by atoms with Crippen molar-refractivity contribution in [3.63, 3.8) is 0 Å². The van der Waals surface area contributed by atoms with Gasteiger partial charge in [0.1, 0.15) is 0 Å². The zero-order valence-corrected chi connectivity index (χ0v) is 14.0. The van der Waals surface area contributed by atoms with Crippen LogP contribution in [0.1, 0.15) is 63.5 Å². The van der Waals surface area contributed by atoms with Gasteiger partial charge in [0.05, 0.1) is 0 Å². The van der Waals surface area contributed by atoms with Crippen molar-refractivity contribution >= 4 is 0 Å². The van der Waals surface area contributed by atoms with E-state index in [-0.39, 0.29) is 0 Å². The van der Waals surface area contributed by atoms with Crippen LogP contribution in [0.3, 0.4) is 0 Å². The molecule has 1 aliphatic carbocycles. The summed E-state index contributed by atoms with van der Waals surface area (Å²) in [6, 6.07) is 9.04. The highest BCUT2D eigenvalue weighted by Crippen LogP contribution is 2.35. The fourth-order valence-corrected chi connectivity index (χ4v) is 3.35. The monoisotopic (exact) mass is 285 g/mol. The average molecular weight is 285 g/mol. The lowest BCUT2D eigenvalue weighted by Crippen LogP contribution is -2.20. The number of rotatable bonds is 7. The van der Waals surface area contributed by atoms with Gasteiger partial charge in [-0.05, 0) is 75.1 Å². The fourth-order valence-electron chi connectivity index (χ4n) is 3.35. The summed E-state index contributed by atoms with van der Waals surface area (Å²) in [5, 5.41) is 3.51. The maximum atomic E-state index is 3.51. The molecule has 1 aliphatic rings. The third kappa shape index (κ3) is 5.32. The van der Waals surface area contributed by atoms with Crippen LogP contribution in [-0.4, -0.2) is 13.1 Å². The first-order valence-electron chi connectivity index (χ1n) is 8.61. The highest BCUT2D eigenvalue weighted by atomic mass is 14.8. The van der Waals surface area contributed by atoms with Crippen LogP contribution in [0, 0.1) is 5.92 Å². The highest BCUT2D eigenvalue weighted by Gasteiger charge is 2.19.